The van der Waals surface area contributed by atoms with Gasteiger partial charge in [-0.25, -0.2) is 23.4 Å². The summed E-state index contributed by atoms with van der Waals surface area (Å²) >= 11 is 0. The van der Waals surface area contributed by atoms with Crippen LogP contribution in [0.3, 0.4) is 0 Å². The molecule has 2 aliphatic heterocycles. The van der Waals surface area contributed by atoms with Gasteiger partial charge in [0.25, 0.3) is 5.91 Å². The third-order valence-electron chi connectivity index (χ3n) is 5.04. The van der Waals surface area contributed by atoms with Gasteiger partial charge in [0.15, 0.2) is 9.84 Å². The molecule has 2 fully saturated rings. The topological polar surface area (TPSA) is 115 Å². The molecule has 0 bridgehead atoms. The lowest BCUT2D eigenvalue weighted by Gasteiger charge is -2.49. The number of hydrogen-bond donors (Lipinski definition) is 0. The second-order valence-electron chi connectivity index (χ2n) is 6.46. The molecule has 4 rings (SSSR count). The van der Waals surface area contributed by atoms with Crippen LogP contribution < -0.4 is 4.74 Å². The molecule has 2 saturated heterocycles. The first-order valence-electron chi connectivity index (χ1n) is 8.19. The van der Waals surface area contributed by atoms with Crippen molar-refractivity contribution >= 4 is 15.7 Å². The van der Waals surface area contributed by atoms with Crippen LogP contribution in [0.1, 0.15) is 16.9 Å². The SMILES string of the molecule is O=C(c1cnccn1)N1CC2(C1)[C@H](COc1ncccn1)CCS2(=O)=O. The minimum absolute atomic E-state index is 0.101. The number of likely N-dealkylation sites (tertiary alicyclic amines) is 1. The maximum absolute atomic E-state index is 12.6. The lowest BCUT2D eigenvalue weighted by molar-refractivity contribution is 0.0397. The van der Waals surface area contributed by atoms with Gasteiger partial charge in [0.05, 0.1) is 18.6 Å². The summed E-state index contributed by atoms with van der Waals surface area (Å²) in [4.78, 5) is 29.8. The standard InChI is InChI=1S/C16H17N5O4S/c22-14(13-8-17-5-6-18-13)21-10-16(11-21)12(2-7-26(16,23)24)9-25-15-19-3-1-4-20-15/h1,3-6,8,12H,2,7,9-11H2/t12-/m0/s1. The Hall–Kier alpha value is -2.62. The molecule has 2 aromatic rings. The molecular weight excluding hydrogens is 358 g/mol. The first kappa shape index (κ1) is 16.8. The predicted molar refractivity (Wildman–Crippen MR) is 90.1 cm³/mol. The van der Waals surface area contributed by atoms with E-state index in [0.717, 1.165) is 0 Å². The number of ether oxygens (including phenoxy) is 1. The fraction of sp³-hybridized carbons (Fsp3) is 0.438. The summed E-state index contributed by atoms with van der Waals surface area (Å²) in [6.07, 6.45) is 7.93. The molecule has 0 aliphatic carbocycles. The first-order valence-corrected chi connectivity index (χ1v) is 9.84. The second kappa shape index (κ2) is 6.27. The molecule has 2 aliphatic rings. The molecule has 26 heavy (non-hydrogen) atoms. The van der Waals surface area contributed by atoms with E-state index in [-0.39, 0.29) is 49.0 Å². The molecule has 2 aromatic heterocycles. The van der Waals surface area contributed by atoms with Crippen molar-refractivity contribution in [1.29, 1.82) is 0 Å². The van der Waals surface area contributed by atoms with Gasteiger partial charge in [0.1, 0.15) is 10.4 Å². The molecule has 1 amide bonds. The van der Waals surface area contributed by atoms with Gasteiger partial charge in [0, 0.05) is 43.8 Å². The molecule has 1 atom stereocenters. The number of nitrogens with zero attached hydrogens (tertiary/aromatic N) is 5. The highest BCUT2D eigenvalue weighted by atomic mass is 32.2. The van der Waals surface area contributed by atoms with Gasteiger partial charge < -0.3 is 9.64 Å². The van der Waals surface area contributed by atoms with Crippen LogP contribution in [0, 0.1) is 5.92 Å². The summed E-state index contributed by atoms with van der Waals surface area (Å²) in [6.45, 7) is 0.499. The lowest BCUT2D eigenvalue weighted by atomic mass is 9.83. The molecule has 0 saturated carbocycles. The van der Waals surface area contributed by atoms with Crippen molar-refractivity contribution in [2.24, 2.45) is 5.92 Å². The summed E-state index contributed by atoms with van der Waals surface area (Å²) in [5, 5.41) is 0. The molecule has 0 radical (unpaired) electrons. The summed E-state index contributed by atoms with van der Waals surface area (Å²) in [5.74, 6) is -0.414. The average Bonchev–Trinajstić information content (AvgIpc) is 2.90. The van der Waals surface area contributed by atoms with Crippen molar-refractivity contribution in [1.82, 2.24) is 24.8 Å². The Morgan fingerprint density at radius 2 is 1.96 bits per heavy atom. The van der Waals surface area contributed by atoms with Crippen LogP contribution in [0.5, 0.6) is 6.01 Å². The van der Waals surface area contributed by atoms with Crippen molar-refractivity contribution in [3.05, 3.63) is 42.7 Å². The number of sulfone groups is 1. The van der Waals surface area contributed by atoms with E-state index in [4.69, 9.17) is 4.74 Å². The molecule has 0 aromatic carbocycles. The van der Waals surface area contributed by atoms with Crippen LogP contribution in [-0.2, 0) is 9.84 Å². The van der Waals surface area contributed by atoms with E-state index in [9.17, 15) is 13.2 Å². The highest BCUT2D eigenvalue weighted by Gasteiger charge is 2.62. The smallest absolute Gasteiger partial charge is 0.316 e. The van der Waals surface area contributed by atoms with E-state index in [1.54, 1.807) is 18.5 Å². The number of aromatic nitrogens is 4. The Bertz CT molecular complexity index is 901. The Balaban J connectivity index is 1.47. The van der Waals surface area contributed by atoms with Gasteiger partial charge in [-0.15, -0.1) is 0 Å². The number of carbonyl (C=O) groups excluding carboxylic acids is 1. The second-order valence-corrected chi connectivity index (χ2v) is 8.91. The van der Waals surface area contributed by atoms with Crippen molar-refractivity contribution < 1.29 is 17.9 Å². The Kier molecular flexibility index (Phi) is 4.06. The quantitative estimate of drug-likeness (QED) is 0.732. The Morgan fingerprint density at radius 3 is 2.65 bits per heavy atom. The van der Waals surface area contributed by atoms with E-state index < -0.39 is 14.6 Å². The van der Waals surface area contributed by atoms with Gasteiger partial charge in [0.2, 0.25) is 0 Å². The average molecular weight is 375 g/mol. The predicted octanol–water partition coefficient (Wildman–Crippen LogP) is -0.0251. The Labute approximate surface area is 150 Å². The van der Waals surface area contributed by atoms with Gasteiger partial charge in [-0.05, 0) is 12.5 Å². The van der Waals surface area contributed by atoms with Crippen molar-refractivity contribution in [2.45, 2.75) is 11.2 Å². The summed E-state index contributed by atoms with van der Waals surface area (Å²) in [5.41, 5.74) is 0.211. The van der Waals surface area contributed by atoms with E-state index >= 15 is 0 Å². The number of carbonyl (C=O) groups is 1. The first-order chi connectivity index (χ1) is 12.5. The molecule has 136 valence electrons. The normalized spacial score (nSPS) is 22.8. The third-order valence-corrected chi connectivity index (χ3v) is 7.64. The minimum Gasteiger partial charge on any atom is -0.463 e. The van der Waals surface area contributed by atoms with Crippen LogP contribution in [-0.4, -0.2) is 69.4 Å². The fourth-order valence-corrected chi connectivity index (χ4v) is 5.96. The van der Waals surface area contributed by atoms with Crippen LogP contribution in [0.2, 0.25) is 0 Å². The minimum atomic E-state index is -3.30. The van der Waals surface area contributed by atoms with Crippen molar-refractivity contribution in [3.8, 4) is 6.01 Å². The molecule has 1 spiro atoms. The van der Waals surface area contributed by atoms with Crippen molar-refractivity contribution in [2.75, 3.05) is 25.4 Å². The van der Waals surface area contributed by atoms with Crippen LogP contribution in [0.15, 0.2) is 37.1 Å². The number of rotatable bonds is 4. The molecule has 0 unspecified atom stereocenters. The van der Waals surface area contributed by atoms with E-state index in [1.165, 1.54) is 23.5 Å². The maximum atomic E-state index is 12.6. The maximum Gasteiger partial charge on any atom is 0.316 e. The summed E-state index contributed by atoms with van der Waals surface area (Å²) in [6, 6.07) is 1.90. The molecule has 4 heterocycles. The van der Waals surface area contributed by atoms with Crippen molar-refractivity contribution in [3.63, 3.8) is 0 Å². The van der Waals surface area contributed by atoms with Gasteiger partial charge >= 0.3 is 6.01 Å². The van der Waals surface area contributed by atoms with E-state index in [0.29, 0.717) is 6.42 Å². The number of hydrogen-bond acceptors (Lipinski definition) is 8. The zero-order valence-electron chi connectivity index (χ0n) is 13.9. The van der Waals surface area contributed by atoms with Crippen LogP contribution in [0.25, 0.3) is 0 Å². The van der Waals surface area contributed by atoms with E-state index in [2.05, 4.69) is 19.9 Å². The summed E-state index contributed by atoms with van der Waals surface area (Å²) < 4.78 is 29.9. The molecule has 0 N–H and O–H groups in total. The molecule has 9 nitrogen and oxygen atoms in total. The highest BCUT2D eigenvalue weighted by Crippen LogP contribution is 2.45. The number of amides is 1. The molecule has 10 heteroatoms. The monoisotopic (exact) mass is 375 g/mol. The largest absolute Gasteiger partial charge is 0.463 e. The fourth-order valence-electron chi connectivity index (χ4n) is 3.56. The van der Waals surface area contributed by atoms with Gasteiger partial charge in [-0.2, -0.15) is 0 Å². The van der Waals surface area contributed by atoms with E-state index in [1.807, 2.05) is 0 Å². The Morgan fingerprint density at radius 1 is 1.19 bits per heavy atom. The molecular formula is C16H17N5O4S. The van der Waals surface area contributed by atoms with Gasteiger partial charge in [-0.1, -0.05) is 0 Å². The summed E-state index contributed by atoms with van der Waals surface area (Å²) in [7, 11) is -3.30. The lowest BCUT2D eigenvalue weighted by Crippen LogP contribution is -2.69. The third kappa shape index (κ3) is 2.70. The van der Waals surface area contributed by atoms with Gasteiger partial charge in [-0.3, -0.25) is 9.78 Å². The van der Waals surface area contributed by atoms with Crippen LogP contribution in [0.4, 0.5) is 0 Å². The zero-order chi connectivity index (χ0) is 18.2. The zero-order valence-corrected chi connectivity index (χ0v) is 14.7. The van der Waals surface area contributed by atoms with Crippen LogP contribution >= 0.6 is 0 Å². The highest BCUT2D eigenvalue weighted by molar-refractivity contribution is 7.93.